The van der Waals surface area contributed by atoms with Gasteiger partial charge in [-0.25, -0.2) is 8.42 Å². The Morgan fingerprint density at radius 3 is 2.38 bits per heavy atom. The maximum Gasteiger partial charge on any atom is 0.267 e. The van der Waals surface area contributed by atoms with Gasteiger partial charge in [0.15, 0.2) is 0 Å². The Bertz CT molecular complexity index is 1010. The van der Waals surface area contributed by atoms with Gasteiger partial charge < -0.3 is 9.47 Å². The maximum absolute atomic E-state index is 12.7. The number of ether oxygens (including phenoxy) is 2. The number of aryl methyl sites for hydroxylation is 1. The molecule has 2 aromatic carbocycles. The van der Waals surface area contributed by atoms with E-state index in [1.807, 2.05) is 31.2 Å². The first-order valence-electron chi connectivity index (χ1n) is 7.58. The molecular weight excluding hydrogens is 374 g/mol. The molecule has 1 heterocycles. The Morgan fingerprint density at radius 1 is 1.00 bits per heavy atom. The largest absolute Gasteiger partial charge is 0.497 e. The molecule has 0 radical (unpaired) electrons. The zero-order valence-corrected chi connectivity index (χ0v) is 16.0. The highest BCUT2D eigenvalue weighted by Crippen LogP contribution is 2.32. The third-order valence-electron chi connectivity index (χ3n) is 3.61. The molecule has 0 aliphatic rings. The summed E-state index contributed by atoms with van der Waals surface area (Å²) in [5, 5.41) is 8.78. The van der Waals surface area contributed by atoms with E-state index in [0.29, 0.717) is 10.8 Å². The van der Waals surface area contributed by atoms with Gasteiger partial charge in [0.2, 0.25) is 5.13 Å². The van der Waals surface area contributed by atoms with Crippen molar-refractivity contribution in [3.8, 4) is 22.1 Å². The van der Waals surface area contributed by atoms with Crippen LogP contribution in [-0.4, -0.2) is 32.8 Å². The van der Waals surface area contributed by atoms with E-state index < -0.39 is 10.0 Å². The van der Waals surface area contributed by atoms with Crippen LogP contribution < -0.4 is 14.2 Å². The van der Waals surface area contributed by atoms with Crippen LogP contribution in [0.1, 0.15) is 5.56 Å². The average Bonchev–Trinajstić information content (AvgIpc) is 3.09. The van der Waals surface area contributed by atoms with Crippen LogP contribution in [0.15, 0.2) is 47.4 Å². The molecule has 3 rings (SSSR count). The first-order chi connectivity index (χ1) is 12.4. The van der Waals surface area contributed by atoms with Crippen molar-refractivity contribution in [3.05, 3.63) is 48.0 Å². The van der Waals surface area contributed by atoms with Gasteiger partial charge in [0.1, 0.15) is 21.4 Å². The molecule has 0 spiro atoms. The minimum Gasteiger partial charge on any atom is -0.497 e. The van der Waals surface area contributed by atoms with E-state index >= 15 is 0 Å². The van der Waals surface area contributed by atoms with Gasteiger partial charge in [-0.1, -0.05) is 41.2 Å². The summed E-state index contributed by atoms with van der Waals surface area (Å²) in [5.41, 5.74) is 2.00. The Morgan fingerprint density at radius 2 is 1.73 bits per heavy atom. The van der Waals surface area contributed by atoms with Crippen LogP contribution in [0.3, 0.4) is 0 Å². The summed E-state index contributed by atoms with van der Waals surface area (Å²) in [5.74, 6) is 0.616. The number of methoxy groups -OCH3 is 2. The number of rotatable bonds is 6. The topological polar surface area (TPSA) is 90.4 Å². The molecule has 0 atom stereocenters. The number of nitrogens with one attached hydrogen (secondary N) is 1. The molecule has 1 aromatic heterocycles. The number of nitrogens with zero attached hydrogens (tertiary/aromatic N) is 2. The number of benzene rings is 2. The predicted octanol–water partition coefficient (Wildman–Crippen LogP) is 3.33. The molecule has 0 aliphatic heterocycles. The van der Waals surface area contributed by atoms with Crippen LogP contribution in [0.2, 0.25) is 0 Å². The van der Waals surface area contributed by atoms with Crippen molar-refractivity contribution in [1.29, 1.82) is 0 Å². The van der Waals surface area contributed by atoms with E-state index in [1.54, 1.807) is 6.07 Å². The fourth-order valence-corrected chi connectivity index (χ4v) is 4.41. The average molecular weight is 391 g/mol. The minimum atomic E-state index is -3.91. The molecule has 0 amide bonds. The number of sulfonamides is 1. The third kappa shape index (κ3) is 3.78. The molecule has 3 aromatic rings. The molecular formula is C17H17N3O4S2. The van der Waals surface area contributed by atoms with Crippen LogP contribution in [0, 0.1) is 6.92 Å². The molecule has 0 unspecified atom stereocenters. The van der Waals surface area contributed by atoms with Crippen molar-refractivity contribution >= 4 is 26.5 Å². The van der Waals surface area contributed by atoms with E-state index in [0.717, 1.165) is 22.5 Å². The van der Waals surface area contributed by atoms with Crippen LogP contribution >= 0.6 is 11.3 Å². The minimum absolute atomic E-state index is 0.0357. The second-order valence-corrected chi connectivity index (χ2v) is 8.03. The number of anilines is 1. The molecule has 26 heavy (non-hydrogen) atoms. The van der Waals surface area contributed by atoms with E-state index in [1.165, 1.54) is 26.4 Å². The predicted molar refractivity (Wildman–Crippen MR) is 100 cm³/mol. The van der Waals surface area contributed by atoms with Crippen LogP contribution in [0.5, 0.6) is 11.5 Å². The summed E-state index contributed by atoms with van der Waals surface area (Å²) >= 11 is 1.15. The Labute approximate surface area is 155 Å². The van der Waals surface area contributed by atoms with Gasteiger partial charge in [-0.2, -0.15) is 0 Å². The number of hydrogen-bond donors (Lipinski definition) is 1. The van der Waals surface area contributed by atoms with Gasteiger partial charge >= 0.3 is 0 Å². The van der Waals surface area contributed by atoms with Crippen molar-refractivity contribution in [1.82, 2.24) is 10.2 Å². The van der Waals surface area contributed by atoms with E-state index in [-0.39, 0.29) is 15.8 Å². The van der Waals surface area contributed by atoms with Crippen molar-refractivity contribution < 1.29 is 17.9 Å². The standard InChI is InChI=1S/C17H17N3O4S2/c1-11-4-6-12(7-5-11)16-18-19-17(25-16)20-26(21,22)15-10-13(23-2)8-9-14(15)24-3/h4-10H,1-3H3,(H,19,20). The van der Waals surface area contributed by atoms with Gasteiger partial charge in [-0.15, -0.1) is 10.2 Å². The summed E-state index contributed by atoms with van der Waals surface area (Å²) in [6.07, 6.45) is 0. The van der Waals surface area contributed by atoms with Crippen LogP contribution in [-0.2, 0) is 10.0 Å². The monoisotopic (exact) mass is 391 g/mol. The van der Waals surface area contributed by atoms with Crippen LogP contribution in [0.25, 0.3) is 10.6 Å². The van der Waals surface area contributed by atoms with Gasteiger partial charge in [0.25, 0.3) is 10.0 Å². The highest BCUT2D eigenvalue weighted by atomic mass is 32.2. The fourth-order valence-electron chi connectivity index (χ4n) is 2.24. The van der Waals surface area contributed by atoms with Gasteiger partial charge in [0, 0.05) is 11.6 Å². The third-order valence-corrected chi connectivity index (χ3v) is 5.98. The smallest absolute Gasteiger partial charge is 0.267 e. The molecule has 0 aliphatic carbocycles. The molecule has 0 fully saturated rings. The fraction of sp³-hybridized carbons (Fsp3) is 0.176. The lowest BCUT2D eigenvalue weighted by atomic mass is 10.2. The molecule has 0 saturated carbocycles. The van der Waals surface area contributed by atoms with Gasteiger partial charge in [0.05, 0.1) is 14.2 Å². The summed E-state index contributed by atoms with van der Waals surface area (Å²) in [7, 11) is -1.04. The first kappa shape index (κ1) is 18.2. The van der Waals surface area contributed by atoms with Crippen molar-refractivity contribution in [2.24, 2.45) is 0 Å². The molecule has 1 N–H and O–H groups in total. The van der Waals surface area contributed by atoms with Crippen LogP contribution in [0.4, 0.5) is 5.13 Å². The van der Waals surface area contributed by atoms with Crippen molar-refractivity contribution in [2.75, 3.05) is 18.9 Å². The number of aromatic nitrogens is 2. The lowest BCUT2D eigenvalue weighted by Gasteiger charge is -2.11. The van der Waals surface area contributed by atoms with Gasteiger partial charge in [-0.3, -0.25) is 4.72 Å². The summed E-state index contributed by atoms with van der Waals surface area (Å²) in [4.78, 5) is -0.0357. The van der Waals surface area contributed by atoms with Crippen molar-refractivity contribution in [3.63, 3.8) is 0 Å². The quantitative estimate of drug-likeness (QED) is 0.693. The molecule has 0 saturated heterocycles. The molecule has 9 heteroatoms. The zero-order chi connectivity index (χ0) is 18.7. The SMILES string of the molecule is COc1ccc(OC)c(S(=O)(=O)Nc2nnc(-c3ccc(C)cc3)s2)c1. The second-order valence-electron chi connectivity index (χ2n) is 5.40. The second kappa shape index (κ2) is 7.30. The first-order valence-corrected chi connectivity index (χ1v) is 9.88. The Balaban J connectivity index is 1.90. The Kier molecular flexibility index (Phi) is 5.10. The number of hydrogen-bond acceptors (Lipinski definition) is 7. The maximum atomic E-state index is 12.7. The summed E-state index contributed by atoms with van der Waals surface area (Å²) < 4.78 is 38.2. The summed E-state index contributed by atoms with van der Waals surface area (Å²) in [6.45, 7) is 1.99. The van der Waals surface area contributed by atoms with Crippen molar-refractivity contribution in [2.45, 2.75) is 11.8 Å². The highest BCUT2D eigenvalue weighted by Gasteiger charge is 2.22. The highest BCUT2D eigenvalue weighted by molar-refractivity contribution is 7.93. The van der Waals surface area contributed by atoms with Gasteiger partial charge in [-0.05, 0) is 19.1 Å². The lowest BCUT2D eigenvalue weighted by molar-refractivity contribution is 0.392. The molecule has 136 valence electrons. The molecule has 0 bridgehead atoms. The Hall–Kier alpha value is -2.65. The molecule has 7 nitrogen and oxygen atoms in total. The van der Waals surface area contributed by atoms with E-state index in [2.05, 4.69) is 14.9 Å². The lowest BCUT2D eigenvalue weighted by Crippen LogP contribution is -2.14. The normalized spacial score (nSPS) is 11.2. The van der Waals surface area contributed by atoms with E-state index in [4.69, 9.17) is 9.47 Å². The summed E-state index contributed by atoms with van der Waals surface area (Å²) in [6, 6.07) is 12.3. The zero-order valence-electron chi connectivity index (χ0n) is 14.4. The van der Waals surface area contributed by atoms with E-state index in [9.17, 15) is 8.42 Å².